The van der Waals surface area contributed by atoms with Gasteiger partial charge in [0, 0.05) is 25.0 Å². The Morgan fingerprint density at radius 1 is 1.25 bits per heavy atom. The predicted molar refractivity (Wildman–Crippen MR) is 64.9 cm³/mol. The first-order valence-corrected chi connectivity index (χ1v) is 6.55. The van der Waals surface area contributed by atoms with E-state index in [0.717, 1.165) is 25.9 Å². The average molecular weight is 224 g/mol. The number of amides is 1. The Morgan fingerprint density at radius 2 is 1.88 bits per heavy atom. The van der Waals surface area contributed by atoms with Gasteiger partial charge >= 0.3 is 0 Å². The second kappa shape index (κ2) is 4.36. The van der Waals surface area contributed by atoms with E-state index in [-0.39, 0.29) is 17.4 Å². The molecule has 2 fully saturated rings. The molecule has 1 saturated carbocycles. The molecule has 16 heavy (non-hydrogen) atoms. The van der Waals surface area contributed by atoms with E-state index in [1.807, 2.05) is 4.90 Å². The highest BCUT2D eigenvalue weighted by molar-refractivity contribution is 5.79. The van der Waals surface area contributed by atoms with Crippen molar-refractivity contribution in [1.82, 2.24) is 4.90 Å². The molecule has 3 nitrogen and oxygen atoms in total. The Morgan fingerprint density at radius 3 is 2.38 bits per heavy atom. The summed E-state index contributed by atoms with van der Waals surface area (Å²) in [7, 11) is 0. The summed E-state index contributed by atoms with van der Waals surface area (Å²) in [6.45, 7) is 5.91. The third-order valence-corrected chi connectivity index (χ3v) is 4.29. The number of carbonyl (C=O) groups excluding carboxylic acids is 1. The molecule has 0 bridgehead atoms. The van der Waals surface area contributed by atoms with E-state index in [2.05, 4.69) is 13.8 Å². The predicted octanol–water partition coefficient (Wildman–Crippen LogP) is 1.76. The van der Waals surface area contributed by atoms with Crippen LogP contribution in [0.15, 0.2) is 0 Å². The van der Waals surface area contributed by atoms with Crippen LogP contribution in [-0.4, -0.2) is 29.9 Å². The van der Waals surface area contributed by atoms with Gasteiger partial charge in [0.2, 0.25) is 5.91 Å². The van der Waals surface area contributed by atoms with Crippen molar-refractivity contribution in [3.63, 3.8) is 0 Å². The summed E-state index contributed by atoms with van der Waals surface area (Å²) >= 11 is 0. The summed E-state index contributed by atoms with van der Waals surface area (Å²) in [6, 6.07) is 0.139. The monoisotopic (exact) mass is 224 g/mol. The number of likely N-dealkylation sites (tertiary alicyclic amines) is 1. The van der Waals surface area contributed by atoms with Crippen LogP contribution in [0, 0.1) is 11.3 Å². The van der Waals surface area contributed by atoms with Gasteiger partial charge < -0.3 is 10.6 Å². The highest BCUT2D eigenvalue weighted by Crippen LogP contribution is 2.32. The Balaban J connectivity index is 1.95. The molecule has 0 aromatic heterocycles. The van der Waals surface area contributed by atoms with Crippen LogP contribution in [0.4, 0.5) is 0 Å². The lowest BCUT2D eigenvalue weighted by molar-refractivity contribution is -0.135. The standard InChI is InChI=1S/C13H24N2O/c1-13(2)9-15(8-11(13)14)12(16)10-6-4-3-5-7-10/h10-11H,3-9,14H2,1-2H3. The van der Waals surface area contributed by atoms with Crippen molar-refractivity contribution in [2.45, 2.75) is 52.0 Å². The SMILES string of the molecule is CC1(C)CN(C(=O)C2CCCCC2)CC1N. The van der Waals surface area contributed by atoms with Crippen LogP contribution in [0.3, 0.4) is 0 Å². The smallest absolute Gasteiger partial charge is 0.225 e. The van der Waals surface area contributed by atoms with Gasteiger partial charge in [-0.1, -0.05) is 33.1 Å². The largest absolute Gasteiger partial charge is 0.340 e. The lowest BCUT2D eigenvalue weighted by Crippen LogP contribution is -2.37. The first-order chi connectivity index (χ1) is 7.50. The normalized spacial score (nSPS) is 30.7. The fourth-order valence-corrected chi connectivity index (χ4v) is 2.93. The van der Waals surface area contributed by atoms with Gasteiger partial charge in [0.25, 0.3) is 0 Å². The first kappa shape index (κ1) is 11.9. The molecule has 0 radical (unpaired) electrons. The number of nitrogens with zero attached hydrogens (tertiary/aromatic N) is 1. The van der Waals surface area contributed by atoms with Gasteiger partial charge in [0.1, 0.15) is 0 Å². The summed E-state index contributed by atoms with van der Waals surface area (Å²) in [5.74, 6) is 0.649. The van der Waals surface area contributed by atoms with Gasteiger partial charge in [0.05, 0.1) is 0 Å². The fourth-order valence-electron chi connectivity index (χ4n) is 2.93. The zero-order chi connectivity index (χ0) is 11.8. The van der Waals surface area contributed by atoms with Crippen molar-refractivity contribution in [1.29, 1.82) is 0 Å². The van der Waals surface area contributed by atoms with Crippen molar-refractivity contribution < 1.29 is 4.79 Å². The molecule has 0 spiro atoms. The highest BCUT2D eigenvalue weighted by atomic mass is 16.2. The zero-order valence-electron chi connectivity index (χ0n) is 10.5. The number of carbonyl (C=O) groups is 1. The van der Waals surface area contributed by atoms with Crippen LogP contribution in [0.1, 0.15) is 46.0 Å². The topological polar surface area (TPSA) is 46.3 Å². The summed E-state index contributed by atoms with van der Waals surface area (Å²) in [6.07, 6.45) is 5.92. The lowest BCUT2D eigenvalue weighted by Gasteiger charge is -2.27. The van der Waals surface area contributed by atoms with E-state index in [0.29, 0.717) is 5.91 Å². The van der Waals surface area contributed by atoms with Gasteiger partial charge in [-0.2, -0.15) is 0 Å². The van der Waals surface area contributed by atoms with E-state index in [1.54, 1.807) is 0 Å². The maximum absolute atomic E-state index is 12.3. The molecule has 1 aliphatic carbocycles. The third-order valence-electron chi connectivity index (χ3n) is 4.29. The molecule has 2 rings (SSSR count). The molecule has 2 aliphatic rings. The van der Waals surface area contributed by atoms with Gasteiger partial charge in [-0.15, -0.1) is 0 Å². The van der Waals surface area contributed by atoms with E-state index in [1.165, 1.54) is 19.3 Å². The van der Waals surface area contributed by atoms with E-state index >= 15 is 0 Å². The van der Waals surface area contributed by atoms with Crippen LogP contribution in [0.2, 0.25) is 0 Å². The van der Waals surface area contributed by atoms with E-state index in [4.69, 9.17) is 5.73 Å². The van der Waals surface area contributed by atoms with Gasteiger partial charge in [-0.3, -0.25) is 4.79 Å². The fraction of sp³-hybridized carbons (Fsp3) is 0.923. The second-order valence-corrected chi connectivity index (χ2v) is 6.15. The molecule has 1 saturated heterocycles. The summed E-state index contributed by atoms with van der Waals surface area (Å²) in [4.78, 5) is 14.3. The second-order valence-electron chi connectivity index (χ2n) is 6.15. The molecule has 0 aromatic rings. The molecular weight excluding hydrogens is 200 g/mol. The number of hydrogen-bond donors (Lipinski definition) is 1. The molecule has 2 N–H and O–H groups in total. The van der Waals surface area contributed by atoms with Crippen LogP contribution >= 0.6 is 0 Å². The van der Waals surface area contributed by atoms with Crippen LogP contribution in [0.25, 0.3) is 0 Å². The summed E-state index contributed by atoms with van der Waals surface area (Å²) in [5, 5.41) is 0. The van der Waals surface area contributed by atoms with Crippen molar-refractivity contribution in [3.05, 3.63) is 0 Å². The molecular formula is C13H24N2O. The van der Waals surface area contributed by atoms with Crippen molar-refractivity contribution in [2.75, 3.05) is 13.1 Å². The molecule has 1 aliphatic heterocycles. The van der Waals surface area contributed by atoms with Gasteiger partial charge in [-0.05, 0) is 18.3 Å². The van der Waals surface area contributed by atoms with E-state index < -0.39 is 0 Å². The van der Waals surface area contributed by atoms with Crippen molar-refractivity contribution >= 4 is 5.91 Å². The molecule has 1 amide bonds. The molecule has 0 aromatic carbocycles. The average Bonchev–Trinajstić information content (AvgIpc) is 2.54. The van der Waals surface area contributed by atoms with Crippen molar-refractivity contribution in [3.8, 4) is 0 Å². The molecule has 1 atom stereocenters. The number of nitrogens with two attached hydrogens (primary N) is 1. The maximum atomic E-state index is 12.3. The molecule has 92 valence electrons. The maximum Gasteiger partial charge on any atom is 0.225 e. The molecule has 1 unspecified atom stereocenters. The number of rotatable bonds is 1. The lowest BCUT2D eigenvalue weighted by atomic mass is 9.87. The Kier molecular flexibility index (Phi) is 3.24. The van der Waals surface area contributed by atoms with Crippen LogP contribution < -0.4 is 5.73 Å². The molecule has 1 heterocycles. The van der Waals surface area contributed by atoms with Crippen LogP contribution in [0.5, 0.6) is 0 Å². The highest BCUT2D eigenvalue weighted by Gasteiger charge is 2.40. The first-order valence-electron chi connectivity index (χ1n) is 6.55. The molecule has 3 heteroatoms. The minimum atomic E-state index is 0.0876. The Labute approximate surface area is 98.4 Å². The van der Waals surface area contributed by atoms with Gasteiger partial charge in [-0.25, -0.2) is 0 Å². The minimum Gasteiger partial charge on any atom is -0.340 e. The van der Waals surface area contributed by atoms with E-state index in [9.17, 15) is 4.79 Å². The minimum absolute atomic E-state index is 0.0876. The summed E-state index contributed by atoms with van der Waals surface area (Å²) in [5.41, 5.74) is 6.16. The summed E-state index contributed by atoms with van der Waals surface area (Å²) < 4.78 is 0. The quantitative estimate of drug-likeness (QED) is 0.737. The third kappa shape index (κ3) is 2.24. The Hall–Kier alpha value is -0.570. The van der Waals surface area contributed by atoms with Gasteiger partial charge in [0.15, 0.2) is 0 Å². The van der Waals surface area contributed by atoms with Crippen LogP contribution in [-0.2, 0) is 4.79 Å². The Bertz CT molecular complexity index is 269. The zero-order valence-corrected chi connectivity index (χ0v) is 10.5. The number of hydrogen-bond acceptors (Lipinski definition) is 2. The van der Waals surface area contributed by atoms with Crippen molar-refractivity contribution in [2.24, 2.45) is 17.1 Å².